The van der Waals surface area contributed by atoms with E-state index in [0.29, 0.717) is 24.0 Å². The molecule has 0 aliphatic heterocycles. The van der Waals surface area contributed by atoms with Gasteiger partial charge in [-0.05, 0) is 29.9 Å². The zero-order valence-electron chi connectivity index (χ0n) is 15.1. The van der Waals surface area contributed by atoms with E-state index in [1.54, 1.807) is 7.11 Å². The van der Waals surface area contributed by atoms with Gasteiger partial charge in [0.25, 0.3) is 0 Å². The highest BCUT2D eigenvalue weighted by atomic mass is 16.5. The van der Waals surface area contributed by atoms with Gasteiger partial charge in [-0.15, -0.1) is 0 Å². The minimum Gasteiger partial charge on any atom is -0.493 e. The SMILES string of the molecule is COc1cccc(C(CC(=O)O)CC(C)C)c1OCc1ccccc1. The molecule has 0 spiro atoms. The minimum absolute atomic E-state index is 0.0764. The summed E-state index contributed by atoms with van der Waals surface area (Å²) in [6.45, 7) is 4.61. The van der Waals surface area contributed by atoms with Gasteiger partial charge in [0.15, 0.2) is 11.5 Å². The molecule has 2 aromatic rings. The second-order valence-electron chi connectivity index (χ2n) is 6.58. The molecule has 134 valence electrons. The summed E-state index contributed by atoms with van der Waals surface area (Å²) in [6, 6.07) is 15.6. The van der Waals surface area contributed by atoms with Gasteiger partial charge in [0, 0.05) is 5.56 Å². The molecule has 0 amide bonds. The van der Waals surface area contributed by atoms with Crippen LogP contribution in [0.5, 0.6) is 11.5 Å². The summed E-state index contributed by atoms with van der Waals surface area (Å²) in [5, 5.41) is 9.31. The van der Waals surface area contributed by atoms with Gasteiger partial charge in [-0.2, -0.15) is 0 Å². The number of carboxylic acid groups (broad SMARTS) is 1. The van der Waals surface area contributed by atoms with Crippen molar-refractivity contribution in [2.75, 3.05) is 7.11 Å². The Hall–Kier alpha value is -2.49. The van der Waals surface area contributed by atoms with Crippen molar-refractivity contribution in [3.63, 3.8) is 0 Å². The number of carboxylic acids is 1. The van der Waals surface area contributed by atoms with Crippen LogP contribution in [0.4, 0.5) is 0 Å². The van der Waals surface area contributed by atoms with E-state index in [4.69, 9.17) is 9.47 Å². The van der Waals surface area contributed by atoms with Crippen LogP contribution < -0.4 is 9.47 Å². The number of para-hydroxylation sites is 1. The van der Waals surface area contributed by atoms with Gasteiger partial charge in [0.2, 0.25) is 0 Å². The highest BCUT2D eigenvalue weighted by Gasteiger charge is 2.23. The van der Waals surface area contributed by atoms with Crippen molar-refractivity contribution in [2.45, 2.75) is 39.2 Å². The maximum atomic E-state index is 11.3. The van der Waals surface area contributed by atoms with Crippen molar-refractivity contribution in [3.8, 4) is 11.5 Å². The van der Waals surface area contributed by atoms with Crippen molar-refractivity contribution in [3.05, 3.63) is 59.7 Å². The van der Waals surface area contributed by atoms with Crippen LogP contribution in [0, 0.1) is 5.92 Å². The number of hydrogen-bond acceptors (Lipinski definition) is 3. The largest absolute Gasteiger partial charge is 0.493 e. The summed E-state index contributed by atoms with van der Waals surface area (Å²) in [4.78, 5) is 11.3. The maximum absolute atomic E-state index is 11.3. The predicted molar refractivity (Wildman–Crippen MR) is 98.2 cm³/mol. The summed E-state index contributed by atoms with van der Waals surface area (Å²) in [5.41, 5.74) is 1.95. The fourth-order valence-corrected chi connectivity index (χ4v) is 3.00. The van der Waals surface area contributed by atoms with Gasteiger partial charge in [-0.1, -0.05) is 56.3 Å². The van der Waals surface area contributed by atoms with Crippen LogP contribution in [-0.4, -0.2) is 18.2 Å². The summed E-state index contributed by atoms with van der Waals surface area (Å²) >= 11 is 0. The van der Waals surface area contributed by atoms with Crippen LogP contribution in [0.15, 0.2) is 48.5 Å². The molecule has 0 saturated carbocycles. The molecule has 0 aliphatic carbocycles. The van der Waals surface area contributed by atoms with E-state index in [-0.39, 0.29) is 12.3 Å². The van der Waals surface area contributed by atoms with Gasteiger partial charge in [0.05, 0.1) is 13.5 Å². The molecule has 0 saturated heterocycles. The summed E-state index contributed by atoms with van der Waals surface area (Å²) < 4.78 is 11.5. The molecule has 1 atom stereocenters. The molecule has 1 N–H and O–H groups in total. The lowest BCUT2D eigenvalue weighted by Gasteiger charge is -2.22. The highest BCUT2D eigenvalue weighted by molar-refractivity contribution is 5.68. The van der Waals surface area contributed by atoms with Crippen molar-refractivity contribution >= 4 is 5.97 Å². The zero-order valence-corrected chi connectivity index (χ0v) is 15.1. The van der Waals surface area contributed by atoms with Crippen LogP contribution in [0.1, 0.15) is 43.7 Å². The van der Waals surface area contributed by atoms with E-state index < -0.39 is 5.97 Å². The lowest BCUT2D eigenvalue weighted by atomic mass is 9.87. The van der Waals surface area contributed by atoms with Crippen molar-refractivity contribution in [2.24, 2.45) is 5.92 Å². The molecule has 25 heavy (non-hydrogen) atoms. The molecule has 1 unspecified atom stereocenters. The molecular formula is C21H26O4. The standard InChI is InChI=1S/C21H26O4/c1-15(2)12-17(13-20(22)23)18-10-7-11-19(24-3)21(18)25-14-16-8-5-4-6-9-16/h4-11,15,17H,12-14H2,1-3H3,(H,22,23). The molecular weight excluding hydrogens is 316 g/mol. The van der Waals surface area contributed by atoms with E-state index in [1.807, 2.05) is 48.5 Å². The van der Waals surface area contributed by atoms with Crippen LogP contribution >= 0.6 is 0 Å². The normalized spacial score (nSPS) is 12.0. The Morgan fingerprint density at radius 1 is 1.08 bits per heavy atom. The fourth-order valence-electron chi connectivity index (χ4n) is 3.00. The van der Waals surface area contributed by atoms with Gasteiger partial charge in [-0.3, -0.25) is 4.79 Å². The molecule has 0 bridgehead atoms. The first-order valence-corrected chi connectivity index (χ1v) is 8.56. The predicted octanol–water partition coefficient (Wildman–Crippen LogP) is 4.88. The number of benzene rings is 2. The summed E-state index contributed by atoms with van der Waals surface area (Å²) in [6.07, 6.45) is 0.855. The van der Waals surface area contributed by atoms with Gasteiger partial charge >= 0.3 is 5.97 Å². The number of ether oxygens (including phenoxy) is 2. The van der Waals surface area contributed by atoms with Gasteiger partial charge in [0.1, 0.15) is 6.61 Å². The van der Waals surface area contributed by atoms with Crippen molar-refractivity contribution in [1.82, 2.24) is 0 Å². The molecule has 2 rings (SSSR count). The third-order valence-corrected chi connectivity index (χ3v) is 4.07. The number of aliphatic carboxylic acids is 1. The lowest BCUT2D eigenvalue weighted by Crippen LogP contribution is -2.11. The van der Waals surface area contributed by atoms with E-state index in [2.05, 4.69) is 13.8 Å². The minimum atomic E-state index is -0.803. The number of methoxy groups -OCH3 is 1. The molecule has 0 radical (unpaired) electrons. The second-order valence-corrected chi connectivity index (χ2v) is 6.58. The molecule has 0 heterocycles. The Bertz CT molecular complexity index is 680. The van der Waals surface area contributed by atoms with E-state index in [0.717, 1.165) is 17.5 Å². The van der Waals surface area contributed by atoms with Crippen LogP contribution in [0.25, 0.3) is 0 Å². The zero-order chi connectivity index (χ0) is 18.2. The van der Waals surface area contributed by atoms with Gasteiger partial charge < -0.3 is 14.6 Å². The average molecular weight is 342 g/mol. The maximum Gasteiger partial charge on any atom is 0.303 e. The van der Waals surface area contributed by atoms with Crippen LogP contribution in [0.3, 0.4) is 0 Å². The Balaban J connectivity index is 2.33. The first kappa shape index (κ1) is 18.8. The third kappa shape index (κ3) is 5.52. The van der Waals surface area contributed by atoms with E-state index >= 15 is 0 Å². The highest BCUT2D eigenvalue weighted by Crippen LogP contribution is 2.40. The van der Waals surface area contributed by atoms with Crippen molar-refractivity contribution in [1.29, 1.82) is 0 Å². The Morgan fingerprint density at radius 2 is 1.80 bits per heavy atom. The summed E-state index contributed by atoms with van der Waals surface area (Å²) in [5.74, 6) is 0.742. The monoisotopic (exact) mass is 342 g/mol. The topological polar surface area (TPSA) is 55.8 Å². The van der Waals surface area contributed by atoms with Gasteiger partial charge in [-0.25, -0.2) is 0 Å². The first-order chi connectivity index (χ1) is 12.0. The smallest absolute Gasteiger partial charge is 0.303 e. The molecule has 4 heteroatoms. The molecule has 0 aromatic heterocycles. The molecule has 2 aromatic carbocycles. The van der Waals surface area contributed by atoms with Crippen molar-refractivity contribution < 1.29 is 19.4 Å². The number of rotatable bonds is 9. The van der Waals surface area contributed by atoms with Crippen LogP contribution in [-0.2, 0) is 11.4 Å². The Kier molecular flexibility index (Phi) is 6.87. The fraction of sp³-hybridized carbons (Fsp3) is 0.381. The average Bonchev–Trinajstić information content (AvgIpc) is 2.59. The number of carbonyl (C=O) groups is 1. The first-order valence-electron chi connectivity index (χ1n) is 8.56. The third-order valence-electron chi connectivity index (χ3n) is 4.07. The Morgan fingerprint density at radius 3 is 2.40 bits per heavy atom. The van der Waals surface area contributed by atoms with E-state index in [1.165, 1.54) is 0 Å². The quantitative estimate of drug-likeness (QED) is 0.706. The molecule has 4 nitrogen and oxygen atoms in total. The lowest BCUT2D eigenvalue weighted by molar-refractivity contribution is -0.137. The Labute approximate surface area is 149 Å². The van der Waals surface area contributed by atoms with Crippen LogP contribution in [0.2, 0.25) is 0 Å². The number of hydrogen-bond donors (Lipinski definition) is 1. The molecule has 0 fully saturated rings. The summed E-state index contributed by atoms with van der Waals surface area (Å²) in [7, 11) is 1.60. The second kappa shape index (κ2) is 9.11. The molecule has 0 aliphatic rings. The van der Waals surface area contributed by atoms with E-state index in [9.17, 15) is 9.90 Å².